The van der Waals surface area contributed by atoms with Gasteiger partial charge in [-0.1, -0.05) is 36.4 Å². The number of carbonyl (C=O) groups is 1. The molecule has 0 aliphatic heterocycles. The largest absolute Gasteiger partial charge is 0.444 e. The van der Waals surface area contributed by atoms with Crippen molar-refractivity contribution < 1.29 is 36.2 Å². The van der Waals surface area contributed by atoms with Crippen molar-refractivity contribution in [3.8, 4) is 0 Å². The van der Waals surface area contributed by atoms with Gasteiger partial charge in [-0.25, -0.2) is 26.4 Å². The fourth-order valence-corrected chi connectivity index (χ4v) is 5.91. The van der Waals surface area contributed by atoms with Crippen molar-refractivity contribution in [3.05, 3.63) is 87.9 Å². The van der Waals surface area contributed by atoms with E-state index < -0.39 is 62.8 Å². The number of hydrogen-bond donors (Lipinski definition) is 2. The number of sulfonamides is 1. The minimum absolute atomic E-state index is 0.119. The van der Waals surface area contributed by atoms with E-state index in [9.17, 15) is 31.5 Å². The second kappa shape index (κ2) is 12.3. The summed E-state index contributed by atoms with van der Waals surface area (Å²) in [6, 6.07) is 11.6. The number of carbonyl (C=O) groups excluding carboxylic acids is 1. The third-order valence-electron chi connectivity index (χ3n) is 5.36. The van der Waals surface area contributed by atoms with Gasteiger partial charge in [0.05, 0.1) is 12.1 Å². The number of aliphatic hydroxyl groups excluding tert-OH is 1. The van der Waals surface area contributed by atoms with Crippen LogP contribution in [0.2, 0.25) is 0 Å². The fourth-order valence-electron chi connectivity index (χ4n) is 3.61. The third kappa shape index (κ3) is 8.03. The summed E-state index contributed by atoms with van der Waals surface area (Å²) in [5.41, 5.74) is -0.0858. The van der Waals surface area contributed by atoms with Crippen LogP contribution in [0.25, 0.3) is 0 Å². The molecule has 0 bridgehead atoms. The zero-order valence-electron chi connectivity index (χ0n) is 21.0. The minimum atomic E-state index is -4.75. The van der Waals surface area contributed by atoms with Crippen molar-refractivity contribution in [2.75, 3.05) is 6.54 Å². The molecule has 2 N–H and O–H groups in total. The van der Waals surface area contributed by atoms with Gasteiger partial charge in [0, 0.05) is 24.0 Å². The number of ether oxygens (including phenoxy) is 1. The highest BCUT2D eigenvalue weighted by molar-refractivity contribution is 7.89. The molecule has 0 saturated carbocycles. The van der Waals surface area contributed by atoms with E-state index in [2.05, 4.69) is 5.32 Å². The Labute approximate surface area is 223 Å². The maximum Gasteiger partial charge on any atom is 0.407 e. The second-order valence-electron chi connectivity index (χ2n) is 9.58. The maximum atomic E-state index is 14.5. The molecule has 3 rings (SSSR count). The molecule has 1 heterocycles. The predicted molar refractivity (Wildman–Crippen MR) is 138 cm³/mol. The normalized spacial score (nSPS) is 13.8. The molecule has 7 nitrogen and oxygen atoms in total. The molecule has 0 radical (unpaired) electrons. The molecule has 0 spiro atoms. The highest BCUT2D eigenvalue weighted by Gasteiger charge is 2.34. The molecule has 3 aromatic rings. The van der Waals surface area contributed by atoms with Crippen LogP contribution in [-0.2, 0) is 27.7 Å². The number of aliphatic hydroxyl groups is 1. The number of benzene rings is 2. The molecule has 0 saturated heterocycles. The van der Waals surface area contributed by atoms with Gasteiger partial charge in [0.2, 0.25) is 10.0 Å². The molecule has 1 amide bonds. The van der Waals surface area contributed by atoms with Crippen molar-refractivity contribution in [2.24, 2.45) is 0 Å². The first-order chi connectivity index (χ1) is 17.8. The lowest BCUT2D eigenvalue weighted by Gasteiger charge is -2.30. The average molecular weight is 571 g/mol. The van der Waals surface area contributed by atoms with Gasteiger partial charge in [0.15, 0.2) is 11.6 Å². The van der Waals surface area contributed by atoms with Gasteiger partial charge in [-0.15, -0.1) is 11.3 Å². The first kappa shape index (κ1) is 29.6. The highest BCUT2D eigenvalue weighted by atomic mass is 32.2. The molecule has 2 aromatic carbocycles. The summed E-state index contributed by atoms with van der Waals surface area (Å²) in [4.78, 5) is 12.0. The summed E-state index contributed by atoms with van der Waals surface area (Å²) in [7, 11) is -4.75. The number of rotatable bonds is 10. The third-order valence-corrected chi connectivity index (χ3v) is 8.05. The van der Waals surface area contributed by atoms with Crippen LogP contribution < -0.4 is 5.32 Å². The lowest BCUT2D eigenvalue weighted by Crippen LogP contribution is -2.51. The van der Waals surface area contributed by atoms with Gasteiger partial charge in [0.25, 0.3) is 0 Å². The molecule has 0 aliphatic rings. The molecular formula is C26H29F3N2O5S2. The Morgan fingerprint density at radius 2 is 1.71 bits per heavy atom. The summed E-state index contributed by atoms with van der Waals surface area (Å²) in [6.45, 7) is 4.13. The van der Waals surface area contributed by atoms with E-state index >= 15 is 0 Å². The Morgan fingerprint density at radius 1 is 1.05 bits per heavy atom. The van der Waals surface area contributed by atoms with Crippen LogP contribution in [0.5, 0.6) is 0 Å². The van der Waals surface area contributed by atoms with Gasteiger partial charge < -0.3 is 15.2 Å². The zero-order valence-corrected chi connectivity index (χ0v) is 22.7. The van der Waals surface area contributed by atoms with Gasteiger partial charge in [-0.3, -0.25) is 0 Å². The van der Waals surface area contributed by atoms with E-state index in [1.54, 1.807) is 68.6 Å². The van der Waals surface area contributed by atoms with Gasteiger partial charge >= 0.3 is 6.09 Å². The van der Waals surface area contributed by atoms with Crippen molar-refractivity contribution in [3.63, 3.8) is 0 Å². The van der Waals surface area contributed by atoms with Crippen molar-refractivity contribution in [1.82, 2.24) is 9.62 Å². The quantitative estimate of drug-likeness (QED) is 0.340. The number of nitrogens with zero attached hydrogens (tertiary/aromatic N) is 1. The number of halogens is 3. The lowest BCUT2D eigenvalue weighted by atomic mass is 10.0. The summed E-state index contributed by atoms with van der Waals surface area (Å²) < 4.78 is 74.9. The van der Waals surface area contributed by atoms with Gasteiger partial charge in [0.1, 0.15) is 16.3 Å². The molecule has 206 valence electrons. The Kier molecular flexibility index (Phi) is 9.58. The van der Waals surface area contributed by atoms with Gasteiger partial charge in [-0.05, 0) is 50.3 Å². The number of hydrogen-bond acceptors (Lipinski definition) is 6. The van der Waals surface area contributed by atoms with Gasteiger partial charge in [-0.2, -0.15) is 4.31 Å². The van der Waals surface area contributed by atoms with Crippen LogP contribution in [0.4, 0.5) is 18.0 Å². The molecule has 12 heteroatoms. The number of nitrogens with one attached hydrogen (secondary N) is 1. The topological polar surface area (TPSA) is 95.9 Å². The van der Waals surface area contributed by atoms with Crippen LogP contribution in [0.1, 0.15) is 31.2 Å². The maximum absolute atomic E-state index is 14.5. The average Bonchev–Trinajstić information content (AvgIpc) is 3.33. The molecule has 38 heavy (non-hydrogen) atoms. The summed E-state index contributed by atoms with van der Waals surface area (Å²) in [5, 5.41) is 15.5. The van der Waals surface area contributed by atoms with Crippen LogP contribution in [0.3, 0.4) is 0 Å². The Bertz CT molecular complexity index is 1330. The van der Waals surface area contributed by atoms with E-state index in [1.807, 2.05) is 0 Å². The van der Waals surface area contributed by atoms with E-state index in [1.165, 1.54) is 11.3 Å². The fraction of sp³-hybridized carbons (Fsp3) is 0.346. The lowest BCUT2D eigenvalue weighted by molar-refractivity contribution is 0.0401. The van der Waals surface area contributed by atoms with Crippen LogP contribution in [-0.4, -0.2) is 48.2 Å². The number of amides is 1. The van der Waals surface area contributed by atoms with Crippen molar-refractivity contribution in [1.29, 1.82) is 0 Å². The molecular weight excluding hydrogens is 541 g/mol. The predicted octanol–water partition coefficient (Wildman–Crippen LogP) is 4.85. The highest BCUT2D eigenvalue weighted by Crippen LogP contribution is 2.26. The van der Waals surface area contributed by atoms with Crippen LogP contribution >= 0.6 is 11.3 Å². The molecule has 0 unspecified atom stereocenters. The summed E-state index contributed by atoms with van der Waals surface area (Å²) in [6.07, 6.45) is -2.20. The van der Waals surface area contributed by atoms with Crippen LogP contribution in [0.15, 0.2) is 64.9 Å². The Morgan fingerprint density at radius 3 is 2.32 bits per heavy atom. The second-order valence-corrected chi connectivity index (χ2v) is 12.5. The monoisotopic (exact) mass is 570 g/mol. The smallest absolute Gasteiger partial charge is 0.407 e. The standard InChI is InChI=1S/C26H29F3N2O5S2/c1-26(2,3)36-25(33)30-22(12-17-8-5-4-6-9-17)23(32)16-31(15-18-10-7-11-37-18)38(34,35)24-14-20(28)19(27)13-21(24)29/h4-11,13-14,22-23,32H,12,15-16H2,1-3H3,(H,30,33)/t22-,23-/m0/s1. The van der Waals surface area contributed by atoms with Crippen LogP contribution in [0, 0.1) is 17.5 Å². The van der Waals surface area contributed by atoms with E-state index in [0.29, 0.717) is 4.88 Å². The first-order valence-corrected chi connectivity index (χ1v) is 14.0. The number of thiophene rings is 1. The molecule has 1 aromatic heterocycles. The van der Waals surface area contributed by atoms with Crippen molar-refractivity contribution in [2.45, 2.75) is 56.4 Å². The Hall–Kier alpha value is -2.93. The number of alkyl carbamates (subject to hydrolysis) is 1. The zero-order chi connectivity index (χ0) is 28.1. The minimum Gasteiger partial charge on any atom is -0.444 e. The van der Waals surface area contributed by atoms with Crippen molar-refractivity contribution >= 4 is 27.5 Å². The van der Waals surface area contributed by atoms with E-state index in [-0.39, 0.29) is 25.1 Å². The molecule has 0 aliphatic carbocycles. The van der Waals surface area contributed by atoms with E-state index in [0.717, 1.165) is 9.87 Å². The van der Waals surface area contributed by atoms with E-state index in [4.69, 9.17) is 4.74 Å². The first-order valence-electron chi connectivity index (χ1n) is 11.6. The molecule has 0 fully saturated rings. The Balaban J connectivity index is 1.95. The SMILES string of the molecule is CC(C)(C)OC(=O)N[C@@H](Cc1ccccc1)[C@@H](O)CN(Cc1cccs1)S(=O)(=O)c1cc(F)c(F)cc1F. The summed E-state index contributed by atoms with van der Waals surface area (Å²) >= 11 is 1.22. The molecule has 2 atom stereocenters. The summed E-state index contributed by atoms with van der Waals surface area (Å²) in [5.74, 6) is -4.53.